The summed E-state index contributed by atoms with van der Waals surface area (Å²) >= 11 is 5.80. The van der Waals surface area contributed by atoms with Gasteiger partial charge in [-0.05, 0) is 41.5 Å². The number of benzene rings is 2. The van der Waals surface area contributed by atoms with Crippen LogP contribution in [-0.4, -0.2) is 5.11 Å². The molecule has 0 aromatic heterocycles. The molecule has 0 saturated carbocycles. The Kier molecular flexibility index (Phi) is 3.66. The molecule has 2 nitrogen and oxygen atoms in total. The van der Waals surface area contributed by atoms with Crippen molar-refractivity contribution >= 4 is 23.3 Å². The zero-order valence-corrected chi connectivity index (χ0v) is 10.2. The maximum absolute atomic E-state index is 9.41. The zero-order chi connectivity index (χ0) is 13.0. The molecule has 2 aromatic rings. The molecule has 2 rings (SSSR count). The monoisotopic (exact) mass is 255 g/mol. The maximum Gasteiger partial charge on any atom is 0.116 e. The van der Waals surface area contributed by atoms with Crippen LogP contribution in [0.4, 0.5) is 0 Å². The van der Waals surface area contributed by atoms with Crippen LogP contribution in [0.1, 0.15) is 11.1 Å². The van der Waals surface area contributed by atoms with Gasteiger partial charge in [-0.2, -0.15) is 5.26 Å². The lowest BCUT2D eigenvalue weighted by molar-refractivity contribution is 0.475. The highest BCUT2D eigenvalue weighted by Crippen LogP contribution is 2.21. The molecule has 0 aliphatic carbocycles. The van der Waals surface area contributed by atoms with Crippen molar-refractivity contribution < 1.29 is 5.11 Å². The molecule has 88 valence electrons. The summed E-state index contributed by atoms with van der Waals surface area (Å²) in [6.45, 7) is 0. The van der Waals surface area contributed by atoms with Gasteiger partial charge in [-0.25, -0.2) is 0 Å². The van der Waals surface area contributed by atoms with Crippen molar-refractivity contribution in [1.29, 1.82) is 5.26 Å². The number of hydrogen-bond donors (Lipinski definition) is 1. The van der Waals surface area contributed by atoms with Crippen molar-refractivity contribution in [2.75, 3.05) is 0 Å². The first-order chi connectivity index (χ1) is 8.69. The molecule has 0 spiro atoms. The molecule has 0 radical (unpaired) electrons. The number of rotatable bonds is 2. The Labute approximate surface area is 110 Å². The predicted octanol–water partition coefficient (Wildman–Crippen LogP) is 4.11. The summed E-state index contributed by atoms with van der Waals surface area (Å²) in [7, 11) is 0. The molecule has 0 aliphatic heterocycles. The third kappa shape index (κ3) is 2.91. The van der Waals surface area contributed by atoms with Crippen molar-refractivity contribution in [2.45, 2.75) is 0 Å². The molecule has 1 N–H and O–H groups in total. The van der Waals surface area contributed by atoms with Crippen LogP contribution in [0.25, 0.3) is 11.6 Å². The fraction of sp³-hybridized carbons (Fsp3) is 0. The van der Waals surface area contributed by atoms with Crippen LogP contribution in [0.3, 0.4) is 0 Å². The summed E-state index contributed by atoms with van der Waals surface area (Å²) in [6, 6.07) is 16.0. The normalized spacial score (nSPS) is 11.0. The van der Waals surface area contributed by atoms with Crippen molar-refractivity contribution in [1.82, 2.24) is 0 Å². The van der Waals surface area contributed by atoms with E-state index in [1.165, 1.54) is 0 Å². The number of halogens is 1. The Morgan fingerprint density at radius 1 is 1.17 bits per heavy atom. The topological polar surface area (TPSA) is 44.0 Å². The van der Waals surface area contributed by atoms with Crippen molar-refractivity contribution in [2.24, 2.45) is 0 Å². The Morgan fingerprint density at radius 3 is 2.50 bits per heavy atom. The van der Waals surface area contributed by atoms with Gasteiger partial charge in [0.2, 0.25) is 0 Å². The Morgan fingerprint density at radius 2 is 1.89 bits per heavy atom. The van der Waals surface area contributed by atoms with Gasteiger partial charge in [-0.3, -0.25) is 0 Å². The molecule has 0 aliphatic rings. The van der Waals surface area contributed by atoms with E-state index < -0.39 is 0 Å². The summed E-state index contributed by atoms with van der Waals surface area (Å²) in [5.41, 5.74) is 2.07. The fourth-order valence-electron chi connectivity index (χ4n) is 1.58. The number of phenolic OH excluding ortho intramolecular Hbond substituents is 1. The second kappa shape index (κ2) is 5.39. The van der Waals surface area contributed by atoms with Gasteiger partial charge in [0.15, 0.2) is 0 Å². The number of phenols is 1. The SMILES string of the molecule is N#CC(=Cc1ccc(Cl)cc1)c1cccc(O)c1. The molecule has 0 heterocycles. The minimum Gasteiger partial charge on any atom is -0.508 e. The van der Waals surface area contributed by atoms with E-state index in [0.29, 0.717) is 16.2 Å². The largest absolute Gasteiger partial charge is 0.508 e. The van der Waals surface area contributed by atoms with Crippen LogP contribution in [0.15, 0.2) is 48.5 Å². The highest BCUT2D eigenvalue weighted by Gasteiger charge is 2.02. The van der Waals surface area contributed by atoms with E-state index >= 15 is 0 Å². The second-order valence-electron chi connectivity index (χ2n) is 3.77. The van der Waals surface area contributed by atoms with Gasteiger partial charge in [-0.1, -0.05) is 35.9 Å². The summed E-state index contributed by atoms with van der Waals surface area (Å²) in [5.74, 6) is 0.143. The van der Waals surface area contributed by atoms with Gasteiger partial charge in [0.05, 0.1) is 11.6 Å². The van der Waals surface area contributed by atoms with Crippen LogP contribution in [0.5, 0.6) is 5.75 Å². The highest BCUT2D eigenvalue weighted by atomic mass is 35.5. The predicted molar refractivity (Wildman–Crippen MR) is 73.0 cm³/mol. The molecule has 0 atom stereocenters. The summed E-state index contributed by atoms with van der Waals surface area (Å²) in [4.78, 5) is 0. The number of nitriles is 1. The van der Waals surface area contributed by atoms with Gasteiger partial charge in [0.1, 0.15) is 5.75 Å². The van der Waals surface area contributed by atoms with Crippen molar-refractivity contribution in [3.8, 4) is 11.8 Å². The van der Waals surface area contributed by atoms with Gasteiger partial charge in [0.25, 0.3) is 0 Å². The van der Waals surface area contributed by atoms with Crippen molar-refractivity contribution in [3.05, 3.63) is 64.7 Å². The summed E-state index contributed by atoms with van der Waals surface area (Å²) in [6.07, 6.45) is 1.76. The smallest absolute Gasteiger partial charge is 0.116 e. The number of allylic oxidation sites excluding steroid dienone is 1. The molecule has 2 aromatic carbocycles. The summed E-state index contributed by atoms with van der Waals surface area (Å²) in [5, 5.41) is 19.2. The van der Waals surface area contributed by atoms with Crippen LogP contribution >= 0.6 is 11.6 Å². The van der Waals surface area contributed by atoms with E-state index in [1.807, 2.05) is 12.1 Å². The van der Waals surface area contributed by atoms with E-state index in [4.69, 9.17) is 16.9 Å². The number of nitrogens with zero attached hydrogens (tertiary/aromatic N) is 1. The van der Waals surface area contributed by atoms with E-state index in [0.717, 1.165) is 5.56 Å². The molecule has 3 heteroatoms. The lowest BCUT2D eigenvalue weighted by atomic mass is 10.0. The first kappa shape index (κ1) is 12.2. The highest BCUT2D eigenvalue weighted by molar-refractivity contribution is 6.30. The van der Waals surface area contributed by atoms with Crippen LogP contribution in [0.2, 0.25) is 5.02 Å². The fourth-order valence-corrected chi connectivity index (χ4v) is 1.71. The average Bonchev–Trinajstić information content (AvgIpc) is 2.38. The molecule has 0 saturated heterocycles. The van der Waals surface area contributed by atoms with Gasteiger partial charge >= 0.3 is 0 Å². The molecule has 0 amide bonds. The van der Waals surface area contributed by atoms with E-state index in [1.54, 1.807) is 42.5 Å². The Balaban J connectivity index is 2.40. The zero-order valence-electron chi connectivity index (χ0n) is 9.47. The van der Waals surface area contributed by atoms with Gasteiger partial charge in [-0.15, -0.1) is 0 Å². The number of aromatic hydroxyl groups is 1. The first-order valence-electron chi connectivity index (χ1n) is 5.36. The standard InChI is InChI=1S/C15H10ClNO/c16-14-6-4-11(5-7-14)8-13(10-17)12-2-1-3-15(18)9-12/h1-9,18H. The Bertz CT molecular complexity index is 624. The third-order valence-corrected chi connectivity index (χ3v) is 2.71. The quantitative estimate of drug-likeness (QED) is 0.648. The molecular weight excluding hydrogens is 246 g/mol. The van der Waals surface area contributed by atoms with E-state index in [-0.39, 0.29) is 5.75 Å². The van der Waals surface area contributed by atoms with Gasteiger partial charge in [0, 0.05) is 5.02 Å². The molecule has 0 unspecified atom stereocenters. The minimum atomic E-state index is 0.143. The minimum absolute atomic E-state index is 0.143. The van der Waals surface area contributed by atoms with Crippen LogP contribution in [-0.2, 0) is 0 Å². The molecule has 0 bridgehead atoms. The lowest BCUT2D eigenvalue weighted by Gasteiger charge is -2.01. The molecular formula is C15H10ClNO. The van der Waals surface area contributed by atoms with E-state index in [2.05, 4.69) is 6.07 Å². The van der Waals surface area contributed by atoms with Crippen LogP contribution in [0, 0.1) is 11.3 Å². The van der Waals surface area contributed by atoms with Crippen molar-refractivity contribution in [3.63, 3.8) is 0 Å². The van der Waals surface area contributed by atoms with Gasteiger partial charge < -0.3 is 5.11 Å². The maximum atomic E-state index is 9.41. The van der Waals surface area contributed by atoms with Crippen LogP contribution < -0.4 is 0 Å². The molecule has 18 heavy (non-hydrogen) atoms. The third-order valence-electron chi connectivity index (χ3n) is 2.46. The van der Waals surface area contributed by atoms with E-state index in [9.17, 15) is 5.11 Å². The Hall–Kier alpha value is -2.24. The average molecular weight is 256 g/mol. The number of hydrogen-bond acceptors (Lipinski definition) is 2. The summed E-state index contributed by atoms with van der Waals surface area (Å²) < 4.78 is 0. The second-order valence-corrected chi connectivity index (χ2v) is 4.21. The molecule has 0 fully saturated rings. The first-order valence-corrected chi connectivity index (χ1v) is 5.73. The lowest BCUT2D eigenvalue weighted by Crippen LogP contribution is -1.81.